The van der Waals surface area contributed by atoms with Crippen molar-refractivity contribution in [3.8, 4) is 5.75 Å². The van der Waals surface area contributed by atoms with Crippen molar-refractivity contribution in [3.63, 3.8) is 0 Å². The molecule has 0 saturated carbocycles. The molecule has 0 radical (unpaired) electrons. The van der Waals surface area contributed by atoms with Gasteiger partial charge in [0.2, 0.25) is 0 Å². The van der Waals surface area contributed by atoms with Crippen LogP contribution in [0.1, 0.15) is 17.3 Å². The third kappa shape index (κ3) is 3.90. The minimum Gasteiger partial charge on any atom is -0.461 e. The number of benzene rings is 1. The van der Waals surface area contributed by atoms with Gasteiger partial charge in [0.25, 0.3) is 0 Å². The SMILES string of the molecule is CC(=O)Oc1cccc(C(=O)OCCCl)c1. The van der Waals surface area contributed by atoms with Crippen molar-refractivity contribution < 1.29 is 19.1 Å². The van der Waals surface area contributed by atoms with Crippen LogP contribution in [0, 0.1) is 0 Å². The van der Waals surface area contributed by atoms with Crippen LogP contribution in [0.25, 0.3) is 0 Å². The summed E-state index contributed by atoms with van der Waals surface area (Å²) in [5.41, 5.74) is 0.323. The average molecular weight is 243 g/mol. The Bertz CT molecular complexity index is 389. The van der Waals surface area contributed by atoms with E-state index in [9.17, 15) is 9.59 Å². The van der Waals surface area contributed by atoms with Gasteiger partial charge >= 0.3 is 11.9 Å². The summed E-state index contributed by atoms with van der Waals surface area (Å²) >= 11 is 5.39. The molecule has 0 amide bonds. The number of alkyl halides is 1. The molecule has 86 valence electrons. The lowest BCUT2D eigenvalue weighted by atomic mass is 10.2. The van der Waals surface area contributed by atoms with Crippen LogP contribution in [0.15, 0.2) is 24.3 Å². The van der Waals surface area contributed by atoms with Crippen LogP contribution in [-0.4, -0.2) is 24.4 Å². The standard InChI is InChI=1S/C11H11ClO4/c1-8(13)16-10-4-2-3-9(7-10)11(14)15-6-5-12/h2-4,7H,5-6H2,1H3. The van der Waals surface area contributed by atoms with E-state index in [4.69, 9.17) is 21.1 Å². The van der Waals surface area contributed by atoms with Crippen LogP contribution in [-0.2, 0) is 9.53 Å². The Balaban J connectivity index is 2.73. The number of carbonyl (C=O) groups is 2. The van der Waals surface area contributed by atoms with Gasteiger partial charge in [0, 0.05) is 6.92 Å². The van der Waals surface area contributed by atoms with Gasteiger partial charge < -0.3 is 9.47 Å². The number of esters is 2. The predicted octanol–water partition coefficient (Wildman–Crippen LogP) is 2.01. The molecule has 0 aliphatic carbocycles. The lowest BCUT2D eigenvalue weighted by Crippen LogP contribution is -2.08. The van der Waals surface area contributed by atoms with Gasteiger partial charge in [-0.3, -0.25) is 4.79 Å². The quantitative estimate of drug-likeness (QED) is 0.460. The minimum absolute atomic E-state index is 0.151. The lowest BCUT2D eigenvalue weighted by molar-refractivity contribution is -0.131. The first kappa shape index (κ1) is 12.5. The second-order valence-corrected chi connectivity index (χ2v) is 3.32. The molecule has 0 unspecified atom stereocenters. The van der Waals surface area contributed by atoms with Crippen LogP contribution < -0.4 is 4.74 Å². The Morgan fingerprint density at radius 2 is 2.12 bits per heavy atom. The molecule has 0 aliphatic rings. The summed E-state index contributed by atoms with van der Waals surface area (Å²) < 4.78 is 9.66. The maximum atomic E-state index is 11.4. The van der Waals surface area contributed by atoms with Crippen molar-refractivity contribution in [2.75, 3.05) is 12.5 Å². The first-order chi connectivity index (χ1) is 7.63. The van der Waals surface area contributed by atoms with Crippen molar-refractivity contribution in [2.24, 2.45) is 0 Å². The third-order valence-corrected chi connectivity index (χ3v) is 1.80. The number of hydrogen-bond acceptors (Lipinski definition) is 4. The summed E-state index contributed by atoms with van der Waals surface area (Å²) in [6.07, 6.45) is 0. The van der Waals surface area contributed by atoms with Gasteiger partial charge in [-0.15, -0.1) is 11.6 Å². The normalized spacial score (nSPS) is 9.62. The van der Waals surface area contributed by atoms with Crippen molar-refractivity contribution in [3.05, 3.63) is 29.8 Å². The number of ether oxygens (including phenoxy) is 2. The van der Waals surface area contributed by atoms with Crippen LogP contribution in [0.4, 0.5) is 0 Å². The molecule has 0 bridgehead atoms. The Hall–Kier alpha value is -1.55. The molecule has 0 aromatic heterocycles. The van der Waals surface area contributed by atoms with E-state index >= 15 is 0 Å². The molecule has 16 heavy (non-hydrogen) atoms. The molecular formula is C11H11ClO4. The van der Waals surface area contributed by atoms with E-state index in [1.54, 1.807) is 18.2 Å². The van der Waals surface area contributed by atoms with E-state index < -0.39 is 11.9 Å². The zero-order valence-electron chi connectivity index (χ0n) is 8.73. The largest absolute Gasteiger partial charge is 0.461 e. The Morgan fingerprint density at radius 1 is 1.38 bits per heavy atom. The summed E-state index contributed by atoms with van der Waals surface area (Å²) in [7, 11) is 0. The summed E-state index contributed by atoms with van der Waals surface area (Å²) in [6, 6.07) is 6.21. The Labute approximate surface area is 98.1 Å². The van der Waals surface area contributed by atoms with Crippen LogP contribution in [0.3, 0.4) is 0 Å². The number of hydrogen-bond donors (Lipinski definition) is 0. The van der Waals surface area contributed by atoms with Gasteiger partial charge in [0.05, 0.1) is 11.4 Å². The molecule has 0 N–H and O–H groups in total. The molecule has 4 nitrogen and oxygen atoms in total. The topological polar surface area (TPSA) is 52.6 Å². The summed E-state index contributed by atoms with van der Waals surface area (Å²) in [5, 5.41) is 0. The molecule has 0 fully saturated rings. The molecule has 0 saturated heterocycles. The van der Waals surface area contributed by atoms with E-state index in [0.29, 0.717) is 11.3 Å². The van der Waals surface area contributed by atoms with Crippen LogP contribution in [0.2, 0.25) is 0 Å². The second-order valence-electron chi connectivity index (χ2n) is 2.95. The molecular weight excluding hydrogens is 232 g/mol. The highest BCUT2D eigenvalue weighted by Crippen LogP contribution is 2.14. The maximum absolute atomic E-state index is 11.4. The fourth-order valence-electron chi connectivity index (χ4n) is 1.07. The number of carbonyl (C=O) groups excluding carboxylic acids is 2. The molecule has 0 spiro atoms. The van der Waals surface area contributed by atoms with Crippen LogP contribution in [0.5, 0.6) is 5.75 Å². The maximum Gasteiger partial charge on any atom is 0.338 e. The summed E-state index contributed by atoms with van der Waals surface area (Å²) in [6.45, 7) is 1.44. The third-order valence-electron chi connectivity index (χ3n) is 1.64. The average Bonchev–Trinajstić information content (AvgIpc) is 2.25. The molecule has 1 aromatic rings. The molecule has 5 heteroatoms. The highest BCUT2D eigenvalue weighted by molar-refractivity contribution is 6.18. The zero-order chi connectivity index (χ0) is 12.0. The predicted molar refractivity (Wildman–Crippen MR) is 58.8 cm³/mol. The second kappa shape index (κ2) is 6.12. The van der Waals surface area contributed by atoms with E-state index in [2.05, 4.69) is 0 Å². The Kier molecular flexibility index (Phi) is 4.79. The fraction of sp³-hybridized carbons (Fsp3) is 0.273. The summed E-state index contributed by atoms with van der Waals surface area (Å²) in [5.74, 6) is -0.371. The van der Waals surface area contributed by atoms with E-state index in [1.807, 2.05) is 0 Å². The van der Waals surface area contributed by atoms with Gasteiger partial charge in [0.15, 0.2) is 0 Å². The number of rotatable bonds is 4. The van der Waals surface area contributed by atoms with E-state index in [1.165, 1.54) is 13.0 Å². The highest BCUT2D eigenvalue weighted by atomic mass is 35.5. The van der Waals surface area contributed by atoms with Crippen molar-refractivity contribution in [1.82, 2.24) is 0 Å². The number of halogens is 1. The first-order valence-corrected chi connectivity index (χ1v) is 5.18. The fourth-order valence-corrected chi connectivity index (χ4v) is 1.14. The first-order valence-electron chi connectivity index (χ1n) is 4.65. The van der Waals surface area contributed by atoms with Crippen LogP contribution >= 0.6 is 11.6 Å². The van der Waals surface area contributed by atoms with E-state index in [0.717, 1.165) is 0 Å². The minimum atomic E-state index is -0.491. The van der Waals surface area contributed by atoms with Gasteiger partial charge in [-0.1, -0.05) is 6.07 Å². The molecule has 0 atom stereocenters. The lowest BCUT2D eigenvalue weighted by Gasteiger charge is -2.04. The zero-order valence-corrected chi connectivity index (χ0v) is 9.49. The van der Waals surface area contributed by atoms with Gasteiger partial charge in [0.1, 0.15) is 12.4 Å². The monoisotopic (exact) mass is 242 g/mol. The van der Waals surface area contributed by atoms with Gasteiger partial charge in [-0.2, -0.15) is 0 Å². The molecule has 1 rings (SSSR count). The molecule has 1 aromatic carbocycles. The van der Waals surface area contributed by atoms with Crippen molar-refractivity contribution in [1.29, 1.82) is 0 Å². The smallest absolute Gasteiger partial charge is 0.338 e. The van der Waals surface area contributed by atoms with Crippen molar-refractivity contribution >= 4 is 23.5 Å². The highest BCUT2D eigenvalue weighted by Gasteiger charge is 2.08. The Morgan fingerprint density at radius 3 is 2.75 bits per heavy atom. The van der Waals surface area contributed by atoms with Gasteiger partial charge in [-0.25, -0.2) is 4.79 Å². The summed E-state index contributed by atoms with van der Waals surface area (Å²) in [4.78, 5) is 22.1. The van der Waals surface area contributed by atoms with E-state index in [-0.39, 0.29) is 12.5 Å². The van der Waals surface area contributed by atoms with Crippen molar-refractivity contribution in [2.45, 2.75) is 6.92 Å². The van der Waals surface area contributed by atoms with Gasteiger partial charge in [-0.05, 0) is 18.2 Å². The molecule has 0 aliphatic heterocycles. The molecule has 0 heterocycles.